The molecule has 0 unspecified atom stereocenters. The molecule has 2 rings (SSSR count). The Morgan fingerprint density at radius 1 is 0.929 bits per heavy atom. The maximum absolute atomic E-state index is 12.2. The van der Waals surface area contributed by atoms with Gasteiger partial charge in [-0.25, -0.2) is 4.79 Å². The van der Waals surface area contributed by atoms with Gasteiger partial charge in [-0.05, 0) is 49.2 Å². The van der Waals surface area contributed by atoms with Crippen LogP contribution in [0.1, 0.15) is 35.3 Å². The third kappa shape index (κ3) is 5.94. The second-order valence-electron chi connectivity index (χ2n) is 6.81. The molecule has 0 radical (unpaired) electrons. The molecule has 0 saturated heterocycles. The number of carbonyl (C=O) groups is 3. The number of Topliss-reactive ketones (excluding diaryl/α,β-unsaturated/α-hetero) is 1. The van der Waals surface area contributed by atoms with Crippen LogP contribution in [0, 0.1) is 19.8 Å². The number of ketones is 1. The lowest BCUT2D eigenvalue weighted by molar-refractivity contribution is -0.144. The minimum atomic E-state index is -0.614. The molecule has 0 fully saturated rings. The van der Waals surface area contributed by atoms with Gasteiger partial charge in [-0.1, -0.05) is 32.0 Å². The van der Waals surface area contributed by atoms with Crippen molar-refractivity contribution in [1.29, 1.82) is 0 Å². The van der Waals surface area contributed by atoms with Crippen LogP contribution in [-0.2, 0) is 14.3 Å². The van der Waals surface area contributed by atoms with Crippen LogP contribution in [0.5, 0.6) is 5.75 Å². The highest BCUT2D eigenvalue weighted by Gasteiger charge is 2.13. The van der Waals surface area contributed by atoms with E-state index in [0.29, 0.717) is 17.0 Å². The summed E-state index contributed by atoms with van der Waals surface area (Å²) < 4.78 is 10.5. The summed E-state index contributed by atoms with van der Waals surface area (Å²) >= 11 is 0. The van der Waals surface area contributed by atoms with Crippen molar-refractivity contribution in [1.82, 2.24) is 0 Å². The number of rotatable bonds is 8. The number of hydrogen-bond acceptors (Lipinski definition) is 5. The summed E-state index contributed by atoms with van der Waals surface area (Å²) in [6.45, 7) is 6.75. The van der Waals surface area contributed by atoms with Gasteiger partial charge in [0.15, 0.2) is 19.0 Å². The van der Waals surface area contributed by atoms with Gasteiger partial charge in [-0.15, -0.1) is 0 Å². The van der Waals surface area contributed by atoms with Gasteiger partial charge in [0, 0.05) is 17.2 Å². The molecule has 1 N–H and O–H groups in total. The molecule has 0 saturated carbocycles. The van der Waals surface area contributed by atoms with Crippen LogP contribution in [0.15, 0.2) is 42.5 Å². The Kier molecular flexibility index (Phi) is 7.32. The SMILES string of the molecule is Cc1cccc(C)c1OCC(=O)OCC(=O)c1ccc(NC(=O)C(C)C)cc1. The van der Waals surface area contributed by atoms with E-state index in [4.69, 9.17) is 9.47 Å². The summed E-state index contributed by atoms with van der Waals surface area (Å²) in [6, 6.07) is 12.1. The maximum atomic E-state index is 12.2. The Morgan fingerprint density at radius 2 is 1.54 bits per heavy atom. The zero-order chi connectivity index (χ0) is 20.7. The summed E-state index contributed by atoms with van der Waals surface area (Å²) in [7, 11) is 0. The third-order valence-electron chi connectivity index (χ3n) is 4.11. The second-order valence-corrected chi connectivity index (χ2v) is 6.81. The fourth-order valence-electron chi connectivity index (χ4n) is 2.46. The number of anilines is 1. The van der Waals surface area contributed by atoms with E-state index >= 15 is 0 Å². The summed E-state index contributed by atoms with van der Waals surface area (Å²) in [6.07, 6.45) is 0. The van der Waals surface area contributed by atoms with E-state index in [-0.39, 0.29) is 30.8 Å². The first-order valence-electron chi connectivity index (χ1n) is 9.06. The number of para-hydroxylation sites is 1. The van der Waals surface area contributed by atoms with Crippen molar-refractivity contribution in [3.63, 3.8) is 0 Å². The van der Waals surface area contributed by atoms with Gasteiger partial charge < -0.3 is 14.8 Å². The minimum Gasteiger partial charge on any atom is -0.481 e. The van der Waals surface area contributed by atoms with Crippen LogP contribution < -0.4 is 10.1 Å². The highest BCUT2D eigenvalue weighted by molar-refractivity contribution is 5.99. The number of esters is 1. The molecule has 0 aromatic heterocycles. The van der Waals surface area contributed by atoms with Crippen molar-refractivity contribution in [3.05, 3.63) is 59.2 Å². The maximum Gasteiger partial charge on any atom is 0.344 e. The monoisotopic (exact) mass is 383 g/mol. The molecule has 148 valence electrons. The van der Waals surface area contributed by atoms with Crippen LogP contribution in [0.2, 0.25) is 0 Å². The molecule has 0 spiro atoms. The van der Waals surface area contributed by atoms with Gasteiger partial charge >= 0.3 is 5.97 Å². The summed E-state index contributed by atoms with van der Waals surface area (Å²) in [5.74, 6) is -0.535. The van der Waals surface area contributed by atoms with Gasteiger partial charge in [-0.3, -0.25) is 9.59 Å². The molecule has 2 aromatic rings. The smallest absolute Gasteiger partial charge is 0.344 e. The van der Waals surface area contributed by atoms with E-state index in [1.807, 2.05) is 32.0 Å². The molecule has 0 aliphatic carbocycles. The quantitative estimate of drug-likeness (QED) is 0.555. The van der Waals surface area contributed by atoms with Crippen LogP contribution in [0.3, 0.4) is 0 Å². The van der Waals surface area contributed by atoms with Crippen molar-refractivity contribution >= 4 is 23.3 Å². The van der Waals surface area contributed by atoms with Gasteiger partial charge in [0.25, 0.3) is 0 Å². The van der Waals surface area contributed by atoms with E-state index in [9.17, 15) is 14.4 Å². The highest BCUT2D eigenvalue weighted by atomic mass is 16.6. The van der Waals surface area contributed by atoms with Gasteiger partial charge in [0.2, 0.25) is 5.91 Å². The van der Waals surface area contributed by atoms with Crippen molar-refractivity contribution in [3.8, 4) is 5.75 Å². The van der Waals surface area contributed by atoms with E-state index in [0.717, 1.165) is 11.1 Å². The lowest BCUT2D eigenvalue weighted by atomic mass is 10.1. The Morgan fingerprint density at radius 3 is 2.11 bits per heavy atom. The zero-order valence-corrected chi connectivity index (χ0v) is 16.6. The Balaban J connectivity index is 1.83. The molecular weight excluding hydrogens is 358 g/mol. The molecule has 0 bridgehead atoms. The molecule has 0 aliphatic heterocycles. The minimum absolute atomic E-state index is 0.100. The standard InChI is InChI=1S/C22H25NO5/c1-14(2)22(26)23-18-10-8-17(9-11-18)19(24)12-27-20(25)13-28-21-15(3)6-5-7-16(21)4/h5-11,14H,12-13H2,1-4H3,(H,23,26). The Hall–Kier alpha value is -3.15. The van der Waals surface area contributed by atoms with E-state index in [1.54, 1.807) is 38.1 Å². The van der Waals surface area contributed by atoms with Crippen molar-refractivity contribution in [2.75, 3.05) is 18.5 Å². The van der Waals surface area contributed by atoms with Crippen LogP contribution in [-0.4, -0.2) is 30.9 Å². The largest absolute Gasteiger partial charge is 0.481 e. The number of hydrogen-bond donors (Lipinski definition) is 1. The summed E-state index contributed by atoms with van der Waals surface area (Å²) in [5.41, 5.74) is 2.85. The first kappa shape index (κ1) is 21.2. The van der Waals surface area contributed by atoms with Crippen molar-refractivity contribution in [2.24, 2.45) is 5.92 Å². The number of benzene rings is 2. The Labute approximate surface area is 164 Å². The number of amides is 1. The van der Waals surface area contributed by atoms with Crippen molar-refractivity contribution < 1.29 is 23.9 Å². The molecule has 2 aromatic carbocycles. The van der Waals surface area contributed by atoms with E-state index < -0.39 is 5.97 Å². The average molecular weight is 383 g/mol. The third-order valence-corrected chi connectivity index (χ3v) is 4.11. The van der Waals surface area contributed by atoms with Crippen LogP contribution in [0.25, 0.3) is 0 Å². The summed E-state index contributed by atoms with van der Waals surface area (Å²) in [4.78, 5) is 35.7. The number of ether oxygens (including phenoxy) is 2. The average Bonchev–Trinajstić information content (AvgIpc) is 2.66. The predicted octanol–water partition coefficient (Wildman–Crippen LogP) is 3.70. The number of carbonyl (C=O) groups excluding carboxylic acids is 3. The van der Waals surface area contributed by atoms with Crippen LogP contribution in [0.4, 0.5) is 5.69 Å². The van der Waals surface area contributed by atoms with Crippen molar-refractivity contribution in [2.45, 2.75) is 27.7 Å². The van der Waals surface area contributed by atoms with E-state index in [1.165, 1.54) is 0 Å². The lowest BCUT2D eigenvalue weighted by Crippen LogP contribution is -2.20. The predicted molar refractivity (Wildman–Crippen MR) is 107 cm³/mol. The van der Waals surface area contributed by atoms with Crippen LogP contribution >= 0.6 is 0 Å². The number of aryl methyl sites for hydroxylation is 2. The first-order chi connectivity index (χ1) is 13.3. The molecule has 0 aliphatic rings. The molecular formula is C22H25NO5. The van der Waals surface area contributed by atoms with E-state index in [2.05, 4.69) is 5.32 Å². The Bertz CT molecular complexity index is 835. The molecule has 1 amide bonds. The van der Waals surface area contributed by atoms with Gasteiger partial charge in [-0.2, -0.15) is 0 Å². The highest BCUT2D eigenvalue weighted by Crippen LogP contribution is 2.22. The van der Waals surface area contributed by atoms with Gasteiger partial charge in [0.05, 0.1) is 0 Å². The first-order valence-corrected chi connectivity index (χ1v) is 9.06. The lowest BCUT2D eigenvalue weighted by Gasteiger charge is -2.11. The fraction of sp³-hybridized carbons (Fsp3) is 0.318. The molecule has 6 heteroatoms. The molecule has 6 nitrogen and oxygen atoms in total. The topological polar surface area (TPSA) is 81.7 Å². The molecule has 0 atom stereocenters. The molecule has 0 heterocycles. The second kappa shape index (κ2) is 9.69. The summed E-state index contributed by atoms with van der Waals surface area (Å²) in [5, 5.41) is 2.75. The fourth-order valence-corrected chi connectivity index (χ4v) is 2.46. The normalized spacial score (nSPS) is 10.5. The molecule has 28 heavy (non-hydrogen) atoms. The number of nitrogens with one attached hydrogen (secondary N) is 1. The zero-order valence-electron chi connectivity index (χ0n) is 16.6. The van der Waals surface area contributed by atoms with Gasteiger partial charge in [0.1, 0.15) is 5.75 Å².